The lowest BCUT2D eigenvalue weighted by Gasteiger charge is -2.19. The summed E-state index contributed by atoms with van der Waals surface area (Å²) in [6, 6.07) is 4.31. The SMILES string of the molecule is CSc1ccc(NC(=O)N2CC(C(F)(F)F)c3c2cnc2cc(Cl)nn32)cc1C(F)F. The zero-order valence-corrected chi connectivity index (χ0v) is 17.2. The Labute approximate surface area is 181 Å². The van der Waals surface area contributed by atoms with Crippen molar-refractivity contribution in [3.8, 4) is 0 Å². The number of rotatable bonds is 3. The van der Waals surface area contributed by atoms with Gasteiger partial charge < -0.3 is 5.32 Å². The van der Waals surface area contributed by atoms with Crippen LogP contribution in [0.2, 0.25) is 5.15 Å². The molecular weight excluding hydrogens is 465 g/mol. The van der Waals surface area contributed by atoms with Gasteiger partial charge in [-0.1, -0.05) is 11.6 Å². The van der Waals surface area contributed by atoms with Crippen molar-refractivity contribution in [2.24, 2.45) is 0 Å². The molecule has 31 heavy (non-hydrogen) atoms. The summed E-state index contributed by atoms with van der Waals surface area (Å²) in [5.74, 6) is -2.02. The van der Waals surface area contributed by atoms with Gasteiger partial charge in [-0.15, -0.1) is 11.8 Å². The lowest BCUT2D eigenvalue weighted by molar-refractivity contribution is -0.147. The highest BCUT2D eigenvalue weighted by molar-refractivity contribution is 7.98. The van der Waals surface area contributed by atoms with Crippen LogP contribution in [-0.4, -0.2) is 39.6 Å². The number of carbonyl (C=O) groups excluding carboxylic acids is 1. The molecule has 2 aromatic heterocycles. The van der Waals surface area contributed by atoms with Crippen LogP contribution < -0.4 is 10.2 Å². The van der Waals surface area contributed by atoms with Gasteiger partial charge in [0.1, 0.15) is 5.92 Å². The molecule has 0 radical (unpaired) electrons. The maximum absolute atomic E-state index is 13.7. The molecule has 0 saturated carbocycles. The fourth-order valence-electron chi connectivity index (χ4n) is 3.44. The number of urea groups is 1. The first-order chi connectivity index (χ1) is 14.6. The lowest BCUT2D eigenvalue weighted by Crippen LogP contribution is -2.36. The highest BCUT2D eigenvalue weighted by Crippen LogP contribution is 2.45. The van der Waals surface area contributed by atoms with Gasteiger partial charge in [-0.2, -0.15) is 18.3 Å². The highest BCUT2D eigenvalue weighted by atomic mass is 35.5. The van der Waals surface area contributed by atoms with E-state index in [2.05, 4.69) is 15.4 Å². The number of fused-ring (bicyclic) bond motifs is 3. The Bertz CT molecular complexity index is 1170. The molecule has 3 heterocycles. The largest absolute Gasteiger partial charge is 0.399 e. The van der Waals surface area contributed by atoms with Gasteiger partial charge in [0.05, 0.1) is 17.6 Å². The molecule has 2 amide bonds. The van der Waals surface area contributed by atoms with Gasteiger partial charge in [0.15, 0.2) is 10.8 Å². The van der Waals surface area contributed by atoms with E-state index in [1.807, 2.05) is 0 Å². The topological polar surface area (TPSA) is 62.5 Å². The molecule has 164 valence electrons. The average Bonchev–Trinajstić information content (AvgIpc) is 3.27. The number of anilines is 2. The second kappa shape index (κ2) is 7.83. The van der Waals surface area contributed by atoms with Crippen LogP contribution >= 0.6 is 23.4 Å². The molecule has 13 heteroatoms. The minimum absolute atomic E-state index is 0.0336. The number of nitrogens with zero attached hydrogens (tertiary/aromatic N) is 4. The molecule has 1 aliphatic rings. The Morgan fingerprint density at radius 1 is 1.32 bits per heavy atom. The second-order valence-electron chi connectivity index (χ2n) is 6.66. The van der Waals surface area contributed by atoms with Crippen LogP contribution in [0.1, 0.15) is 23.6 Å². The van der Waals surface area contributed by atoms with Crippen molar-refractivity contribution in [2.45, 2.75) is 23.4 Å². The summed E-state index contributed by atoms with van der Waals surface area (Å²) in [6.45, 7) is -0.715. The van der Waals surface area contributed by atoms with Crippen LogP contribution in [0, 0.1) is 0 Å². The average molecular weight is 478 g/mol. The summed E-state index contributed by atoms with van der Waals surface area (Å²) in [5.41, 5.74) is -0.511. The molecule has 1 atom stereocenters. The molecule has 0 bridgehead atoms. The molecule has 1 aliphatic heterocycles. The summed E-state index contributed by atoms with van der Waals surface area (Å²) >= 11 is 6.93. The van der Waals surface area contributed by atoms with Crippen LogP contribution in [0.25, 0.3) is 5.65 Å². The Hall–Kier alpha value is -2.60. The zero-order chi connectivity index (χ0) is 22.5. The van der Waals surface area contributed by atoms with E-state index in [1.165, 1.54) is 18.2 Å². The summed E-state index contributed by atoms with van der Waals surface area (Å²) < 4.78 is 68.7. The molecule has 0 spiro atoms. The molecule has 6 nitrogen and oxygen atoms in total. The van der Waals surface area contributed by atoms with Gasteiger partial charge in [0.25, 0.3) is 6.43 Å². The van der Waals surface area contributed by atoms with Crippen LogP contribution in [0.15, 0.2) is 35.4 Å². The molecule has 1 aromatic carbocycles. The number of benzene rings is 1. The van der Waals surface area contributed by atoms with E-state index < -0.39 is 31.1 Å². The van der Waals surface area contributed by atoms with Crippen molar-refractivity contribution in [3.05, 3.63) is 46.9 Å². The molecule has 1 unspecified atom stereocenters. The molecule has 0 aliphatic carbocycles. The number of hydrogen-bond donors (Lipinski definition) is 1. The summed E-state index contributed by atoms with van der Waals surface area (Å²) in [5, 5.41) is 6.20. The third kappa shape index (κ3) is 3.89. The number of aromatic nitrogens is 3. The maximum Gasteiger partial charge on any atom is 0.399 e. The fourth-order valence-corrected chi connectivity index (χ4v) is 4.20. The van der Waals surface area contributed by atoms with E-state index in [9.17, 15) is 26.7 Å². The van der Waals surface area contributed by atoms with E-state index in [-0.39, 0.29) is 33.4 Å². The van der Waals surface area contributed by atoms with Gasteiger partial charge in [0.2, 0.25) is 0 Å². The van der Waals surface area contributed by atoms with E-state index in [4.69, 9.17) is 11.6 Å². The summed E-state index contributed by atoms with van der Waals surface area (Å²) in [6.07, 6.45) is -4.68. The summed E-state index contributed by atoms with van der Waals surface area (Å²) in [7, 11) is 0. The van der Waals surface area contributed by atoms with E-state index in [1.54, 1.807) is 6.26 Å². The molecule has 1 N–H and O–H groups in total. The molecule has 3 aromatic rings. The second-order valence-corrected chi connectivity index (χ2v) is 7.89. The van der Waals surface area contributed by atoms with Crippen LogP contribution in [0.5, 0.6) is 0 Å². The predicted octanol–water partition coefficient (Wildman–Crippen LogP) is 5.74. The standard InChI is InChI=1S/C18H13ClF5N5OS/c1-31-12-3-2-8(4-9(12)16(20)21)26-17(30)28-7-10(18(22,23)24)15-11(28)6-25-14-5-13(19)27-29(14)15/h2-6,10,16H,7H2,1H3,(H,26,30). The van der Waals surface area contributed by atoms with Gasteiger partial charge in [0, 0.05) is 28.8 Å². The number of nitrogens with one attached hydrogen (secondary N) is 1. The first-order valence-corrected chi connectivity index (χ1v) is 10.4. The number of halogens is 6. The van der Waals surface area contributed by atoms with Crippen molar-refractivity contribution < 1.29 is 26.7 Å². The van der Waals surface area contributed by atoms with Crippen LogP contribution in [0.4, 0.5) is 38.1 Å². The first kappa shape index (κ1) is 21.6. The molecule has 4 rings (SSSR count). The third-order valence-electron chi connectivity index (χ3n) is 4.81. The van der Waals surface area contributed by atoms with E-state index >= 15 is 0 Å². The lowest BCUT2D eigenvalue weighted by atomic mass is 10.1. The number of alkyl halides is 5. The number of hydrogen-bond acceptors (Lipinski definition) is 4. The van der Waals surface area contributed by atoms with Crippen molar-refractivity contribution in [3.63, 3.8) is 0 Å². The number of thioether (sulfide) groups is 1. The monoisotopic (exact) mass is 477 g/mol. The molecular formula is C18H13ClF5N5OS. The maximum atomic E-state index is 13.7. The number of carbonyl (C=O) groups is 1. The van der Waals surface area contributed by atoms with Crippen molar-refractivity contribution in [1.29, 1.82) is 0 Å². The highest BCUT2D eigenvalue weighted by Gasteiger charge is 2.50. The van der Waals surface area contributed by atoms with Crippen molar-refractivity contribution in [1.82, 2.24) is 14.6 Å². The smallest absolute Gasteiger partial charge is 0.308 e. The van der Waals surface area contributed by atoms with Gasteiger partial charge in [-0.05, 0) is 24.5 Å². The first-order valence-electron chi connectivity index (χ1n) is 8.75. The molecule has 0 fully saturated rings. The van der Waals surface area contributed by atoms with Crippen LogP contribution in [-0.2, 0) is 0 Å². The van der Waals surface area contributed by atoms with Gasteiger partial charge in [-0.25, -0.2) is 23.1 Å². The quantitative estimate of drug-likeness (QED) is 0.386. The minimum Gasteiger partial charge on any atom is -0.308 e. The summed E-state index contributed by atoms with van der Waals surface area (Å²) in [4.78, 5) is 18.0. The Balaban J connectivity index is 1.71. The van der Waals surface area contributed by atoms with Gasteiger partial charge >= 0.3 is 12.2 Å². The van der Waals surface area contributed by atoms with Gasteiger partial charge in [-0.3, -0.25) is 4.90 Å². The Morgan fingerprint density at radius 3 is 2.71 bits per heavy atom. The van der Waals surface area contributed by atoms with Crippen LogP contribution in [0.3, 0.4) is 0 Å². The third-order valence-corrected chi connectivity index (χ3v) is 5.81. The van der Waals surface area contributed by atoms with Crippen molar-refractivity contribution >= 4 is 46.4 Å². The zero-order valence-electron chi connectivity index (χ0n) is 15.6. The Morgan fingerprint density at radius 2 is 2.06 bits per heavy atom. The fraction of sp³-hybridized carbons (Fsp3) is 0.278. The predicted molar refractivity (Wildman–Crippen MR) is 106 cm³/mol. The minimum atomic E-state index is -4.67. The molecule has 0 saturated heterocycles. The number of amides is 2. The van der Waals surface area contributed by atoms with Crippen molar-refractivity contribution in [2.75, 3.05) is 23.0 Å². The van der Waals surface area contributed by atoms with E-state index in [0.29, 0.717) is 4.90 Å². The normalized spacial score (nSPS) is 16.3. The Kier molecular flexibility index (Phi) is 5.46. The van der Waals surface area contributed by atoms with E-state index in [0.717, 1.165) is 33.4 Å².